The number of nitrogens with zero attached hydrogens (tertiary/aromatic N) is 1. The van der Waals surface area contributed by atoms with Gasteiger partial charge >= 0.3 is 0 Å². The molecule has 2 heteroatoms. The minimum absolute atomic E-state index is 0.250. The lowest BCUT2D eigenvalue weighted by Crippen LogP contribution is -2.47. The Labute approximate surface area is 71.0 Å². The smallest absolute Gasteiger partial charge is 0.0251 e. The molecule has 0 aromatic rings. The average molecular weight is 158 g/mol. The molecule has 0 saturated heterocycles. The minimum Gasteiger partial charge on any atom is -0.311 e. The van der Waals surface area contributed by atoms with Crippen LogP contribution in [0.4, 0.5) is 0 Å². The minimum atomic E-state index is 0.250. The van der Waals surface area contributed by atoms with Gasteiger partial charge < -0.3 is 10.2 Å². The molecule has 0 aromatic carbocycles. The third kappa shape index (κ3) is 5.22. The zero-order valence-electron chi connectivity index (χ0n) is 8.57. The number of hydrogen-bond acceptors (Lipinski definition) is 2. The molecule has 0 aliphatic rings. The van der Waals surface area contributed by atoms with E-state index < -0.39 is 0 Å². The van der Waals surface area contributed by atoms with Gasteiger partial charge in [0.25, 0.3) is 0 Å². The van der Waals surface area contributed by atoms with E-state index in [1.165, 1.54) is 0 Å². The van der Waals surface area contributed by atoms with Crippen LogP contribution < -0.4 is 5.32 Å². The molecule has 0 saturated carbocycles. The van der Waals surface area contributed by atoms with Crippen molar-refractivity contribution in [2.24, 2.45) is 0 Å². The molecule has 0 fully saturated rings. The lowest BCUT2D eigenvalue weighted by molar-refractivity contribution is 0.246. The first kappa shape index (κ1) is 10.9. The largest absolute Gasteiger partial charge is 0.311 e. The highest BCUT2D eigenvalue weighted by Gasteiger charge is 2.16. The van der Waals surface area contributed by atoms with Gasteiger partial charge in [-0.3, -0.25) is 0 Å². The fourth-order valence-corrected chi connectivity index (χ4v) is 1.32. The number of nitrogens with one attached hydrogen (secondary N) is 1. The van der Waals surface area contributed by atoms with E-state index in [0.29, 0.717) is 0 Å². The van der Waals surface area contributed by atoms with Gasteiger partial charge in [0.05, 0.1) is 0 Å². The third-order valence-corrected chi connectivity index (χ3v) is 1.86. The molecule has 0 spiro atoms. The zero-order valence-corrected chi connectivity index (χ0v) is 8.57. The molecular formula is C9H22N2. The summed E-state index contributed by atoms with van der Waals surface area (Å²) in [5, 5.41) is 3.45. The van der Waals surface area contributed by atoms with Crippen molar-refractivity contribution < 1.29 is 0 Å². The van der Waals surface area contributed by atoms with E-state index in [1.54, 1.807) is 0 Å². The van der Waals surface area contributed by atoms with Crippen LogP contribution in [0.3, 0.4) is 0 Å². The average Bonchev–Trinajstić information content (AvgIpc) is 1.86. The molecular weight excluding hydrogens is 136 g/mol. The van der Waals surface area contributed by atoms with E-state index in [4.69, 9.17) is 0 Å². The van der Waals surface area contributed by atoms with E-state index in [1.807, 2.05) is 0 Å². The normalized spacial score (nSPS) is 12.5. The van der Waals surface area contributed by atoms with Crippen molar-refractivity contribution in [1.29, 1.82) is 0 Å². The Morgan fingerprint density at radius 2 is 1.82 bits per heavy atom. The van der Waals surface area contributed by atoms with Crippen LogP contribution >= 0.6 is 0 Å². The molecule has 0 aromatic heterocycles. The summed E-state index contributed by atoms with van der Waals surface area (Å²) in [5.41, 5.74) is 0.250. The molecule has 11 heavy (non-hydrogen) atoms. The molecule has 0 radical (unpaired) electrons. The summed E-state index contributed by atoms with van der Waals surface area (Å²) in [5.74, 6) is 0. The summed E-state index contributed by atoms with van der Waals surface area (Å²) in [4.78, 5) is 2.32. The first-order chi connectivity index (χ1) is 5.02. The molecule has 68 valence electrons. The fourth-order valence-electron chi connectivity index (χ4n) is 1.32. The van der Waals surface area contributed by atoms with Gasteiger partial charge in [-0.2, -0.15) is 0 Å². The molecule has 0 unspecified atom stereocenters. The molecule has 0 atom stereocenters. The number of likely N-dealkylation sites (N-methyl/N-ethyl adjacent to an activating group) is 2. The van der Waals surface area contributed by atoms with E-state index >= 15 is 0 Å². The predicted molar refractivity (Wildman–Crippen MR) is 50.9 cm³/mol. The van der Waals surface area contributed by atoms with Gasteiger partial charge in [0.15, 0.2) is 0 Å². The Morgan fingerprint density at radius 3 is 2.18 bits per heavy atom. The van der Waals surface area contributed by atoms with Crippen molar-refractivity contribution in [1.82, 2.24) is 10.2 Å². The zero-order chi connectivity index (χ0) is 8.91. The summed E-state index contributed by atoms with van der Waals surface area (Å²) in [6.45, 7) is 12.1. The van der Waals surface area contributed by atoms with Gasteiger partial charge in [0, 0.05) is 12.1 Å². The molecule has 0 amide bonds. The van der Waals surface area contributed by atoms with E-state index in [0.717, 1.165) is 19.6 Å². The first-order valence-corrected chi connectivity index (χ1v) is 4.45. The van der Waals surface area contributed by atoms with Gasteiger partial charge in [-0.1, -0.05) is 13.8 Å². The van der Waals surface area contributed by atoms with E-state index in [2.05, 4.69) is 45.0 Å². The maximum Gasteiger partial charge on any atom is 0.0251 e. The van der Waals surface area contributed by atoms with Crippen LogP contribution in [0, 0.1) is 0 Å². The lowest BCUT2D eigenvalue weighted by Gasteiger charge is -2.30. The van der Waals surface area contributed by atoms with Crippen molar-refractivity contribution in [3.8, 4) is 0 Å². The second kappa shape index (κ2) is 4.73. The second-order valence-electron chi connectivity index (χ2n) is 3.74. The van der Waals surface area contributed by atoms with Gasteiger partial charge in [-0.25, -0.2) is 0 Å². The summed E-state index contributed by atoms with van der Waals surface area (Å²) in [6.07, 6.45) is 0. The highest BCUT2D eigenvalue weighted by atomic mass is 15.1. The van der Waals surface area contributed by atoms with Crippen LogP contribution in [0.15, 0.2) is 0 Å². The Morgan fingerprint density at radius 1 is 1.27 bits per heavy atom. The lowest BCUT2D eigenvalue weighted by atomic mass is 10.1. The first-order valence-electron chi connectivity index (χ1n) is 4.45. The van der Waals surface area contributed by atoms with Crippen LogP contribution in [-0.4, -0.2) is 37.1 Å². The molecule has 0 aliphatic heterocycles. The Bertz CT molecular complexity index is 99.7. The Kier molecular flexibility index (Phi) is 4.69. The number of hydrogen-bond donors (Lipinski definition) is 1. The summed E-state index contributed by atoms with van der Waals surface area (Å²) in [6, 6.07) is 0. The van der Waals surface area contributed by atoms with Crippen LogP contribution in [-0.2, 0) is 0 Å². The van der Waals surface area contributed by atoms with Crippen molar-refractivity contribution in [3.05, 3.63) is 0 Å². The van der Waals surface area contributed by atoms with E-state index in [-0.39, 0.29) is 5.54 Å². The van der Waals surface area contributed by atoms with Gasteiger partial charge in [0.2, 0.25) is 0 Å². The van der Waals surface area contributed by atoms with E-state index in [9.17, 15) is 0 Å². The van der Waals surface area contributed by atoms with Crippen LogP contribution in [0.25, 0.3) is 0 Å². The molecule has 0 rings (SSSR count). The molecule has 0 bridgehead atoms. The summed E-state index contributed by atoms with van der Waals surface area (Å²) < 4.78 is 0. The van der Waals surface area contributed by atoms with Crippen molar-refractivity contribution in [2.45, 2.75) is 33.2 Å². The van der Waals surface area contributed by atoms with Crippen LogP contribution in [0.5, 0.6) is 0 Å². The van der Waals surface area contributed by atoms with Gasteiger partial charge in [0.1, 0.15) is 0 Å². The summed E-state index contributed by atoms with van der Waals surface area (Å²) in [7, 11) is 2.15. The monoisotopic (exact) mass is 158 g/mol. The summed E-state index contributed by atoms with van der Waals surface area (Å²) >= 11 is 0. The predicted octanol–water partition coefficient (Wildman–Crippen LogP) is 1.33. The molecule has 1 N–H and O–H groups in total. The topological polar surface area (TPSA) is 15.3 Å². The fraction of sp³-hybridized carbons (Fsp3) is 1.00. The molecule has 0 heterocycles. The van der Waals surface area contributed by atoms with Gasteiger partial charge in [-0.05, 0) is 34.0 Å². The third-order valence-electron chi connectivity index (χ3n) is 1.86. The van der Waals surface area contributed by atoms with Gasteiger partial charge in [-0.15, -0.1) is 0 Å². The molecule has 2 nitrogen and oxygen atoms in total. The maximum atomic E-state index is 3.45. The Balaban J connectivity index is 3.70. The quantitative estimate of drug-likeness (QED) is 0.649. The standard InChI is InChI=1S/C9H22N2/c1-6-10-9(3,4)8-11(5)7-2/h10H,6-8H2,1-5H3. The second-order valence-corrected chi connectivity index (χ2v) is 3.74. The molecule has 0 aliphatic carbocycles. The number of rotatable bonds is 5. The van der Waals surface area contributed by atoms with Crippen LogP contribution in [0.2, 0.25) is 0 Å². The van der Waals surface area contributed by atoms with Crippen molar-refractivity contribution in [3.63, 3.8) is 0 Å². The Hall–Kier alpha value is -0.0800. The SMILES string of the molecule is CCNC(C)(C)CN(C)CC. The van der Waals surface area contributed by atoms with Crippen molar-refractivity contribution in [2.75, 3.05) is 26.7 Å². The van der Waals surface area contributed by atoms with Crippen LogP contribution in [0.1, 0.15) is 27.7 Å². The van der Waals surface area contributed by atoms with Crippen molar-refractivity contribution >= 4 is 0 Å². The maximum absolute atomic E-state index is 3.45. The highest BCUT2D eigenvalue weighted by Crippen LogP contribution is 2.02. The highest BCUT2D eigenvalue weighted by molar-refractivity contribution is 4.79.